The molecule has 0 fully saturated rings. The van der Waals surface area contributed by atoms with Crippen molar-refractivity contribution in [3.63, 3.8) is 0 Å². The minimum atomic E-state index is -0.950. The molecule has 2 rings (SSSR count). The Morgan fingerprint density at radius 3 is 2.06 bits per heavy atom. The number of hydrogen-bond acceptors (Lipinski definition) is 5. The van der Waals surface area contributed by atoms with E-state index < -0.39 is 30.4 Å². The number of ether oxygens (including phenoxy) is 1. The van der Waals surface area contributed by atoms with Crippen molar-refractivity contribution in [1.29, 1.82) is 0 Å². The Labute approximate surface area is 185 Å². The van der Waals surface area contributed by atoms with Gasteiger partial charge in [0.1, 0.15) is 6.04 Å². The summed E-state index contributed by atoms with van der Waals surface area (Å²) in [4.78, 5) is 48.0. The highest BCUT2D eigenvalue weighted by Gasteiger charge is 2.27. The van der Waals surface area contributed by atoms with E-state index in [-0.39, 0.29) is 22.4 Å². The number of rotatable bonds is 8. The first-order valence-corrected chi connectivity index (χ1v) is 9.94. The quantitative estimate of drug-likeness (QED) is 0.540. The van der Waals surface area contributed by atoms with Crippen molar-refractivity contribution < 1.29 is 23.9 Å². The van der Waals surface area contributed by atoms with E-state index in [1.54, 1.807) is 62.4 Å². The molecule has 2 aromatic carbocycles. The van der Waals surface area contributed by atoms with Gasteiger partial charge in [0.25, 0.3) is 11.8 Å². The summed E-state index contributed by atoms with van der Waals surface area (Å²) in [6.45, 7) is 4.37. The summed E-state index contributed by atoms with van der Waals surface area (Å²) in [5, 5.41) is 8.07. The Kier molecular flexibility index (Phi) is 8.57. The fourth-order valence-electron chi connectivity index (χ4n) is 2.63. The molecule has 31 heavy (non-hydrogen) atoms. The molecule has 1 unspecified atom stereocenters. The van der Waals surface area contributed by atoms with Crippen LogP contribution in [-0.4, -0.2) is 36.3 Å². The van der Waals surface area contributed by atoms with Crippen molar-refractivity contribution in [2.24, 2.45) is 5.92 Å². The first-order valence-electron chi connectivity index (χ1n) is 9.57. The number of halogens is 1. The van der Waals surface area contributed by atoms with Crippen molar-refractivity contribution >= 4 is 46.7 Å². The molecule has 2 aromatic rings. The second-order valence-electron chi connectivity index (χ2n) is 7.09. The molecular weight excluding hydrogens is 422 g/mol. The maximum absolute atomic E-state index is 12.5. The topological polar surface area (TPSA) is 114 Å². The number of anilines is 2. The molecule has 0 aromatic heterocycles. The van der Waals surface area contributed by atoms with Gasteiger partial charge in [0.05, 0.1) is 10.6 Å². The van der Waals surface area contributed by atoms with Crippen molar-refractivity contribution in [2.75, 3.05) is 17.2 Å². The van der Waals surface area contributed by atoms with Gasteiger partial charge in [-0.15, -0.1) is 0 Å². The maximum atomic E-state index is 12.5. The third kappa shape index (κ3) is 7.42. The lowest BCUT2D eigenvalue weighted by Gasteiger charge is -2.21. The molecule has 0 bridgehead atoms. The van der Waals surface area contributed by atoms with Gasteiger partial charge in [-0.2, -0.15) is 0 Å². The molecule has 0 aliphatic carbocycles. The van der Waals surface area contributed by atoms with Crippen molar-refractivity contribution in [3.8, 4) is 0 Å². The molecule has 0 saturated heterocycles. The fraction of sp³-hybridized carbons (Fsp3) is 0.273. The van der Waals surface area contributed by atoms with E-state index in [1.165, 1.54) is 6.92 Å². The van der Waals surface area contributed by atoms with Crippen LogP contribution in [0.4, 0.5) is 11.4 Å². The Balaban J connectivity index is 1.90. The average molecular weight is 446 g/mol. The highest BCUT2D eigenvalue weighted by molar-refractivity contribution is 6.33. The summed E-state index contributed by atoms with van der Waals surface area (Å²) in [6.07, 6.45) is 0. The maximum Gasteiger partial charge on any atom is 0.329 e. The van der Waals surface area contributed by atoms with Crippen molar-refractivity contribution in [1.82, 2.24) is 5.32 Å². The normalized spacial score (nSPS) is 11.4. The predicted octanol–water partition coefficient (Wildman–Crippen LogP) is 3.23. The third-order valence-corrected chi connectivity index (χ3v) is 4.49. The SMILES string of the molecule is CC(=O)Nc1ccc(NC(=O)COC(=O)C(NC(=O)c2ccccc2Cl)C(C)C)cc1. The fourth-order valence-corrected chi connectivity index (χ4v) is 2.85. The zero-order valence-corrected chi connectivity index (χ0v) is 18.2. The molecule has 0 saturated carbocycles. The molecule has 0 aliphatic heterocycles. The number of carbonyl (C=O) groups is 4. The van der Waals surface area contributed by atoms with Crippen molar-refractivity contribution in [3.05, 3.63) is 59.1 Å². The van der Waals surface area contributed by atoms with E-state index in [0.717, 1.165) is 0 Å². The number of esters is 1. The second kappa shape index (κ2) is 11.1. The van der Waals surface area contributed by atoms with Crippen molar-refractivity contribution in [2.45, 2.75) is 26.8 Å². The van der Waals surface area contributed by atoms with Gasteiger partial charge < -0.3 is 20.7 Å². The lowest BCUT2D eigenvalue weighted by molar-refractivity contribution is -0.150. The van der Waals surface area contributed by atoms with Gasteiger partial charge >= 0.3 is 5.97 Å². The summed E-state index contributed by atoms with van der Waals surface area (Å²) in [5.74, 6) is -2.26. The standard InChI is InChI=1S/C22H24ClN3O5/c1-13(2)20(26-21(29)17-6-4-5-7-18(17)23)22(30)31-12-19(28)25-16-10-8-15(9-11-16)24-14(3)27/h4-11,13,20H,12H2,1-3H3,(H,24,27)(H,25,28)(H,26,29). The third-order valence-electron chi connectivity index (χ3n) is 4.16. The largest absolute Gasteiger partial charge is 0.454 e. The Bertz CT molecular complexity index is 960. The van der Waals surface area contributed by atoms with Gasteiger partial charge in [-0.25, -0.2) is 4.79 Å². The van der Waals surface area contributed by atoms with Crippen LogP contribution < -0.4 is 16.0 Å². The van der Waals surface area contributed by atoms with Crippen LogP contribution in [0.1, 0.15) is 31.1 Å². The number of hydrogen-bond donors (Lipinski definition) is 3. The predicted molar refractivity (Wildman–Crippen MR) is 118 cm³/mol. The molecule has 9 heteroatoms. The van der Waals surface area contributed by atoms with Gasteiger partial charge in [-0.05, 0) is 42.3 Å². The number of benzene rings is 2. The van der Waals surface area contributed by atoms with E-state index in [2.05, 4.69) is 16.0 Å². The van der Waals surface area contributed by atoms with Gasteiger partial charge in [0.15, 0.2) is 6.61 Å². The Hall–Kier alpha value is -3.39. The lowest BCUT2D eigenvalue weighted by Crippen LogP contribution is -2.46. The zero-order chi connectivity index (χ0) is 23.0. The Morgan fingerprint density at radius 1 is 0.935 bits per heavy atom. The first kappa shape index (κ1) is 23.9. The summed E-state index contributed by atoms with van der Waals surface area (Å²) < 4.78 is 5.09. The Morgan fingerprint density at radius 2 is 1.52 bits per heavy atom. The van der Waals surface area contributed by atoms with E-state index in [4.69, 9.17) is 16.3 Å². The molecule has 0 heterocycles. The summed E-state index contributed by atoms with van der Waals surface area (Å²) >= 11 is 6.03. The van der Waals surface area contributed by atoms with Crippen LogP contribution >= 0.6 is 11.6 Å². The molecule has 0 aliphatic rings. The van der Waals surface area contributed by atoms with E-state index in [0.29, 0.717) is 11.4 Å². The molecule has 1 atom stereocenters. The van der Waals surface area contributed by atoms with Crippen LogP contribution in [-0.2, 0) is 19.1 Å². The van der Waals surface area contributed by atoms with E-state index in [9.17, 15) is 19.2 Å². The molecule has 8 nitrogen and oxygen atoms in total. The van der Waals surface area contributed by atoms with Crippen LogP contribution in [0, 0.1) is 5.92 Å². The van der Waals surface area contributed by atoms with E-state index >= 15 is 0 Å². The molecule has 164 valence electrons. The van der Waals surface area contributed by atoms with Gasteiger partial charge in [-0.1, -0.05) is 37.6 Å². The minimum Gasteiger partial charge on any atom is -0.454 e. The smallest absolute Gasteiger partial charge is 0.329 e. The van der Waals surface area contributed by atoms with Crippen LogP contribution in [0.25, 0.3) is 0 Å². The van der Waals surface area contributed by atoms with Crippen LogP contribution in [0.5, 0.6) is 0 Å². The number of nitrogens with one attached hydrogen (secondary N) is 3. The van der Waals surface area contributed by atoms with Crippen LogP contribution in [0.2, 0.25) is 5.02 Å². The second-order valence-corrected chi connectivity index (χ2v) is 7.50. The lowest BCUT2D eigenvalue weighted by atomic mass is 10.0. The van der Waals surface area contributed by atoms with Gasteiger partial charge in [0, 0.05) is 18.3 Å². The molecule has 3 amide bonds. The first-order chi connectivity index (χ1) is 14.7. The average Bonchev–Trinajstić information content (AvgIpc) is 2.71. The van der Waals surface area contributed by atoms with E-state index in [1.807, 2.05) is 0 Å². The number of carbonyl (C=O) groups excluding carboxylic acids is 4. The van der Waals surface area contributed by atoms with Crippen LogP contribution in [0.3, 0.4) is 0 Å². The summed E-state index contributed by atoms with van der Waals surface area (Å²) in [6, 6.07) is 12.0. The molecule has 3 N–H and O–H groups in total. The summed E-state index contributed by atoms with van der Waals surface area (Å²) in [7, 11) is 0. The van der Waals surface area contributed by atoms with Gasteiger partial charge in [-0.3, -0.25) is 14.4 Å². The highest BCUT2D eigenvalue weighted by atomic mass is 35.5. The van der Waals surface area contributed by atoms with Crippen LogP contribution in [0.15, 0.2) is 48.5 Å². The summed E-state index contributed by atoms with van der Waals surface area (Å²) in [5.41, 5.74) is 1.30. The molecular formula is C22H24ClN3O5. The van der Waals surface area contributed by atoms with Gasteiger partial charge in [0.2, 0.25) is 5.91 Å². The molecule has 0 spiro atoms. The highest BCUT2D eigenvalue weighted by Crippen LogP contribution is 2.16. The monoisotopic (exact) mass is 445 g/mol. The minimum absolute atomic E-state index is 0.204. The zero-order valence-electron chi connectivity index (χ0n) is 17.4. The number of amides is 3. The molecule has 0 radical (unpaired) electrons.